The Bertz CT molecular complexity index is 154. The largest absolute Gasteiger partial charge is 0.405 e. The van der Waals surface area contributed by atoms with Crippen molar-refractivity contribution in [3.8, 4) is 0 Å². The number of nitrogens with two attached hydrogens (primary N) is 2. The average molecular weight is 124 g/mol. The van der Waals surface area contributed by atoms with Crippen molar-refractivity contribution < 1.29 is 0 Å². The molecular weight excluding hydrogens is 112 g/mol. The second-order valence-corrected chi connectivity index (χ2v) is 1.82. The molecule has 0 aromatic heterocycles. The lowest BCUT2D eigenvalue weighted by molar-refractivity contribution is 1.39. The lowest BCUT2D eigenvalue weighted by Crippen LogP contribution is -1.90. The number of rotatable bonds is 2. The molecule has 0 aliphatic carbocycles. The predicted octanol–water partition coefficient (Wildman–Crippen LogP) is 0.878. The van der Waals surface area contributed by atoms with Crippen LogP contribution in [-0.2, 0) is 0 Å². The monoisotopic (exact) mass is 124 g/mol. The van der Waals surface area contributed by atoms with Crippen molar-refractivity contribution in [1.29, 1.82) is 0 Å². The lowest BCUT2D eigenvalue weighted by Gasteiger charge is -1.89. The molecule has 0 atom stereocenters. The molecule has 50 valence electrons. The maximum atomic E-state index is 5.28. The van der Waals surface area contributed by atoms with Gasteiger partial charge in [-0.3, -0.25) is 0 Å². The van der Waals surface area contributed by atoms with E-state index in [2.05, 4.69) is 6.58 Å². The van der Waals surface area contributed by atoms with E-state index in [1.165, 1.54) is 6.20 Å². The molecule has 0 bridgehead atoms. The van der Waals surface area contributed by atoms with Gasteiger partial charge in [0.25, 0.3) is 0 Å². The highest BCUT2D eigenvalue weighted by Crippen LogP contribution is 1.95. The molecule has 0 radical (unpaired) electrons. The van der Waals surface area contributed by atoms with Gasteiger partial charge in [-0.15, -0.1) is 0 Å². The van der Waals surface area contributed by atoms with Crippen molar-refractivity contribution in [3.63, 3.8) is 0 Å². The van der Waals surface area contributed by atoms with Gasteiger partial charge >= 0.3 is 0 Å². The van der Waals surface area contributed by atoms with Crippen LogP contribution in [-0.4, -0.2) is 0 Å². The summed E-state index contributed by atoms with van der Waals surface area (Å²) in [5.41, 5.74) is 11.9. The van der Waals surface area contributed by atoms with E-state index in [4.69, 9.17) is 11.5 Å². The highest BCUT2D eigenvalue weighted by molar-refractivity contribution is 5.24. The van der Waals surface area contributed by atoms with Crippen LogP contribution in [0.1, 0.15) is 6.92 Å². The van der Waals surface area contributed by atoms with Crippen LogP contribution in [0.15, 0.2) is 36.2 Å². The number of allylic oxidation sites excluding steroid dienone is 3. The Morgan fingerprint density at radius 2 is 2.11 bits per heavy atom. The van der Waals surface area contributed by atoms with E-state index in [-0.39, 0.29) is 0 Å². The molecule has 0 aliphatic rings. The molecule has 2 heteroatoms. The van der Waals surface area contributed by atoms with Crippen LogP contribution < -0.4 is 11.5 Å². The molecule has 4 N–H and O–H groups in total. The Morgan fingerprint density at radius 3 is 2.44 bits per heavy atom. The average Bonchev–Trinajstić information content (AvgIpc) is 1.63. The summed E-state index contributed by atoms with van der Waals surface area (Å²) in [6, 6.07) is 0. The van der Waals surface area contributed by atoms with Crippen LogP contribution in [0.2, 0.25) is 0 Å². The first-order valence-corrected chi connectivity index (χ1v) is 2.67. The van der Waals surface area contributed by atoms with Crippen LogP contribution in [0, 0.1) is 0 Å². The zero-order valence-corrected chi connectivity index (χ0v) is 5.59. The van der Waals surface area contributed by atoms with E-state index in [1.807, 2.05) is 6.92 Å². The Hall–Kier alpha value is -1.18. The molecule has 0 aliphatic heterocycles. The smallest absolute Gasteiger partial charge is 0.0243 e. The summed E-state index contributed by atoms with van der Waals surface area (Å²) in [5.74, 6) is 0. The van der Waals surface area contributed by atoms with Crippen LogP contribution in [0.4, 0.5) is 0 Å². The van der Waals surface area contributed by atoms with Gasteiger partial charge in [-0.2, -0.15) is 0 Å². The van der Waals surface area contributed by atoms with Gasteiger partial charge in [0.1, 0.15) is 0 Å². The molecule has 0 heterocycles. The summed E-state index contributed by atoms with van der Waals surface area (Å²) in [5, 5.41) is 0. The third kappa shape index (κ3) is 4.68. The molecule has 0 amide bonds. The maximum Gasteiger partial charge on any atom is 0.0243 e. The van der Waals surface area contributed by atoms with Crippen molar-refractivity contribution in [3.05, 3.63) is 36.2 Å². The van der Waals surface area contributed by atoms with Gasteiger partial charge < -0.3 is 11.5 Å². The first kappa shape index (κ1) is 7.82. The summed E-state index contributed by atoms with van der Waals surface area (Å²) in [7, 11) is 0. The third-order valence-electron chi connectivity index (χ3n) is 0.772. The van der Waals surface area contributed by atoms with E-state index >= 15 is 0 Å². The Balaban J connectivity index is 4.00. The van der Waals surface area contributed by atoms with Gasteiger partial charge in [-0.25, -0.2) is 0 Å². The minimum absolute atomic E-state index is 0.547. The van der Waals surface area contributed by atoms with Crippen molar-refractivity contribution in [1.82, 2.24) is 0 Å². The summed E-state index contributed by atoms with van der Waals surface area (Å²) < 4.78 is 0. The van der Waals surface area contributed by atoms with Crippen LogP contribution in [0.5, 0.6) is 0 Å². The second kappa shape index (κ2) is 3.78. The highest BCUT2D eigenvalue weighted by Gasteiger charge is 1.79. The highest BCUT2D eigenvalue weighted by atomic mass is 14.5. The minimum Gasteiger partial charge on any atom is -0.405 e. The summed E-state index contributed by atoms with van der Waals surface area (Å²) >= 11 is 0. The standard InChI is InChI=1S/C7H12N2/c1-6(3-4-8)5-7(2)9/h3-5H,2,8-9H2,1H3/b4-3-,6-5-. The molecule has 2 nitrogen and oxygen atoms in total. The number of hydrogen-bond donors (Lipinski definition) is 2. The fourth-order valence-corrected chi connectivity index (χ4v) is 0.492. The van der Waals surface area contributed by atoms with E-state index in [0.717, 1.165) is 5.57 Å². The van der Waals surface area contributed by atoms with Crippen LogP contribution in [0.3, 0.4) is 0 Å². The minimum atomic E-state index is 0.547. The molecule has 9 heavy (non-hydrogen) atoms. The molecular formula is C7H12N2. The third-order valence-corrected chi connectivity index (χ3v) is 0.772. The molecule has 0 unspecified atom stereocenters. The van der Waals surface area contributed by atoms with E-state index in [9.17, 15) is 0 Å². The molecule has 0 spiro atoms. The maximum absolute atomic E-state index is 5.28. The number of hydrogen-bond acceptors (Lipinski definition) is 2. The molecule has 0 aromatic carbocycles. The quantitative estimate of drug-likeness (QED) is 0.537. The normalized spacial score (nSPS) is 12.3. The molecule has 0 aromatic rings. The molecule has 0 fully saturated rings. The summed E-state index contributed by atoms with van der Waals surface area (Å²) in [4.78, 5) is 0. The summed E-state index contributed by atoms with van der Waals surface area (Å²) in [6.07, 6.45) is 4.98. The Morgan fingerprint density at radius 1 is 1.56 bits per heavy atom. The van der Waals surface area contributed by atoms with Crippen molar-refractivity contribution in [2.24, 2.45) is 11.5 Å². The fraction of sp³-hybridized carbons (Fsp3) is 0.143. The molecule has 0 rings (SSSR count). The fourth-order valence-electron chi connectivity index (χ4n) is 0.492. The van der Waals surface area contributed by atoms with Gasteiger partial charge in [0.2, 0.25) is 0 Å². The zero-order valence-electron chi connectivity index (χ0n) is 5.59. The first-order valence-electron chi connectivity index (χ1n) is 2.67. The summed E-state index contributed by atoms with van der Waals surface area (Å²) in [6.45, 7) is 5.41. The zero-order chi connectivity index (χ0) is 7.28. The van der Waals surface area contributed by atoms with Gasteiger partial charge in [0, 0.05) is 5.70 Å². The predicted molar refractivity (Wildman–Crippen MR) is 40.4 cm³/mol. The second-order valence-electron chi connectivity index (χ2n) is 1.82. The first-order chi connectivity index (χ1) is 4.16. The van der Waals surface area contributed by atoms with Crippen molar-refractivity contribution >= 4 is 0 Å². The molecule has 0 saturated carbocycles. The van der Waals surface area contributed by atoms with Gasteiger partial charge in [-0.1, -0.05) is 6.58 Å². The Labute approximate surface area is 55.5 Å². The van der Waals surface area contributed by atoms with Gasteiger partial charge in [-0.05, 0) is 30.8 Å². The Kier molecular flexibility index (Phi) is 3.28. The lowest BCUT2D eigenvalue weighted by atomic mass is 10.2. The van der Waals surface area contributed by atoms with Crippen molar-refractivity contribution in [2.45, 2.75) is 6.92 Å². The SMILES string of the molecule is C=C(N)/C=C(C)\C=C/N. The van der Waals surface area contributed by atoms with E-state index in [1.54, 1.807) is 12.2 Å². The van der Waals surface area contributed by atoms with Crippen LogP contribution in [0.25, 0.3) is 0 Å². The van der Waals surface area contributed by atoms with Crippen molar-refractivity contribution in [2.75, 3.05) is 0 Å². The van der Waals surface area contributed by atoms with Gasteiger partial charge in [0.15, 0.2) is 0 Å². The van der Waals surface area contributed by atoms with E-state index in [0.29, 0.717) is 5.70 Å². The molecule has 0 saturated heterocycles. The van der Waals surface area contributed by atoms with Gasteiger partial charge in [0.05, 0.1) is 0 Å². The topological polar surface area (TPSA) is 52.0 Å². The van der Waals surface area contributed by atoms with E-state index < -0.39 is 0 Å². The van der Waals surface area contributed by atoms with Crippen LogP contribution >= 0.6 is 0 Å².